The molecule has 0 spiro atoms. The first kappa shape index (κ1) is 14.7. The van der Waals surface area contributed by atoms with Crippen molar-refractivity contribution >= 4 is 41.5 Å². The van der Waals surface area contributed by atoms with Crippen molar-refractivity contribution in [2.24, 2.45) is 0 Å². The number of non-ortho nitro benzene ring substituents is 1. The van der Waals surface area contributed by atoms with Gasteiger partial charge < -0.3 is 5.32 Å². The van der Waals surface area contributed by atoms with Gasteiger partial charge in [-0.2, -0.15) is 0 Å². The van der Waals surface area contributed by atoms with E-state index >= 15 is 0 Å². The second kappa shape index (κ2) is 5.18. The van der Waals surface area contributed by atoms with Gasteiger partial charge in [0.1, 0.15) is 0 Å². The van der Waals surface area contributed by atoms with Crippen LogP contribution in [-0.4, -0.2) is 9.85 Å². The van der Waals surface area contributed by atoms with E-state index in [0.29, 0.717) is 0 Å². The number of nitro groups is 2. The summed E-state index contributed by atoms with van der Waals surface area (Å²) < 4.78 is -1.05. The summed E-state index contributed by atoms with van der Waals surface area (Å²) in [6.07, 6.45) is 0. The molecule has 3 rings (SSSR count). The lowest BCUT2D eigenvalue weighted by atomic mass is 10.1. The van der Waals surface area contributed by atoms with E-state index in [2.05, 4.69) is 17.9 Å². The van der Waals surface area contributed by atoms with Gasteiger partial charge >= 0.3 is 0 Å². The van der Waals surface area contributed by atoms with Crippen LogP contribution in [0.1, 0.15) is 5.56 Å². The minimum absolute atomic E-state index is 0.271. The molecule has 0 saturated heterocycles. The van der Waals surface area contributed by atoms with E-state index in [1.165, 1.54) is 23.9 Å². The molecule has 0 fully saturated rings. The Balaban J connectivity index is 2.09. The van der Waals surface area contributed by atoms with Crippen molar-refractivity contribution < 1.29 is 9.85 Å². The average molecular weight is 335 g/mol. The average Bonchev–Trinajstić information content (AvgIpc) is 2.83. The van der Waals surface area contributed by atoms with Crippen LogP contribution in [-0.2, 0) is 4.20 Å². The van der Waals surface area contributed by atoms with Gasteiger partial charge in [-0.1, -0.05) is 23.9 Å². The summed E-state index contributed by atoms with van der Waals surface area (Å²) in [4.78, 5) is 21.7. The third kappa shape index (κ3) is 2.38. The predicted octanol–water partition coefficient (Wildman–Crippen LogP) is 3.76. The van der Waals surface area contributed by atoms with Gasteiger partial charge in [0.05, 0.1) is 21.5 Å². The van der Waals surface area contributed by atoms with Crippen LogP contribution < -0.4 is 5.32 Å². The number of thiol groups is 1. The Hall–Kier alpha value is -2.26. The van der Waals surface area contributed by atoms with E-state index in [1.807, 2.05) is 24.3 Å². The maximum atomic E-state index is 11.3. The summed E-state index contributed by atoms with van der Waals surface area (Å²) in [6, 6.07) is 11.0. The maximum Gasteiger partial charge on any atom is 0.283 e. The van der Waals surface area contributed by atoms with Crippen LogP contribution in [0.2, 0.25) is 0 Å². The Bertz CT molecular complexity index is 772. The lowest BCUT2D eigenvalue weighted by molar-refractivity contribution is -0.394. The van der Waals surface area contributed by atoms with E-state index in [9.17, 15) is 20.2 Å². The highest BCUT2D eigenvalue weighted by atomic mass is 32.2. The van der Waals surface area contributed by atoms with Crippen LogP contribution in [0.4, 0.5) is 17.1 Å². The highest BCUT2D eigenvalue weighted by molar-refractivity contribution is 8.11. The quantitative estimate of drug-likeness (QED) is 0.503. The standard InChI is InChI=1S/C13H9N3O4S2/c17-15(18)8-5-6-9(11(7-8)16(19)20)13(21)14-10-3-1-2-4-12(10)22-13/h1-7,14,21H. The van der Waals surface area contributed by atoms with E-state index in [0.717, 1.165) is 16.6 Å². The van der Waals surface area contributed by atoms with Crippen molar-refractivity contribution in [3.8, 4) is 0 Å². The highest BCUT2D eigenvalue weighted by Gasteiger charge is 2.41. The second-order valence-corrected chi connectivity index (χ2v) is 6.81. The number of hydrogen-bond acceptors (Lipinski definition) is 7. The maximum absolute atomic E-state index is 11.3. The number of benzene rings is 2. The van der Waals surface area contributed by atoms with E-state index in [-0.39, 0.29) is 16.9 Å². The molecule has 1 aliphatic rings. The molecule has 2 aromatic carbocycles. The molecule has 1 heterocycles. The summed E-state index contributed by atoms with van der Waals surface area (Å²) >= 11 is 5.86. The van der Waals surface area contributed by atoms with E-state index in [1.54, 1.807) is 0 Å². The molecule has 1 N–H and O–H groups in total. The Kier molecular flexibility index (Phi) is 3.45. The molecule has 2 aromatic rings. The minimum Gasteiger partial charge on any atom is -0.357 e. The third-order valence-corrected chi connectivity index (χ3v) is 5.02. The van der Waals surface area contributed by atoms with Crippen LogP contribution in [0.5, 0.6) is 0 Å². The van der Waals surface area contributed by atoms with Crippen LogP contribution in [0.15, 0.2) is 47.4 Å². The molecule has 1 aliphatic heterocycles. The molecule has 22 heavy (non-hydrogen) atoms. The van der Waals surface area contributed by atoms with Gasteiger partial charge in [0.15, 0.2) is 4.20 Å². The zero-order valence-electron chi connectivity index (χ0n) is 10.9. The zero-order valence-corrected chi connectivity index (χ0v) is 12.6. The van der Waals surface area contributed by atoms with Gasteiger partial charge in [-0.05, 0) is 18.2 Å². The Morgan fingerprint density at radius 1 is 1.09 bits per heavy atom. The summed E-state index contributed by atoms with van der Waals surface area (Å²) in [5, 5.41) is 25.2. The fourth-order valence-electron chi connectivity index (χ4n) is 2.22. The largest absolute Gasteiger partial charge is 0.357 e. The lowest BCUT2D eigenvalue weighted by Gasteiger charge is -2.23. The lowest BCUT2D eigenvalue weighted by Crippen LogP contribution is -2.22. The van der Waals surface area contributed by atoms with Crippen LogP contribution in [0, 0.1) is 20.2 Å². The Morgan fingerprint density at radius 3 is 2.45 bits per heavy atom. The van der Waals surface area contributed by atoms with E-state index in [4.69, 9.17) is 0 Å². The van der Waals surface area contributed by atoms with Crippen molar-refractivity contribution in [1.82, 2.24) is 0 Å². The number of para-hydroxylation sites is 1. The summed E-state index contributed by atoms with van der Waals surface area (Å²) in [7, 11) is 0. The fourth-order valence-corrected chi connectivity index (χ4v) is 3.96. The van der Waals surface area contributed by atoms with Crippen molar-refractivity contribution in [3.05, 3.63) is 68.3 Å². The topological polar surface area (TPSA) is 98.3 Å². The Morgan fingerprint density at radius 2 is 1.82 bits per heavy atom. The van der Waals surface area contributed by atoms with Gasteiger partial charge in [-0.15, -0.1) is 12.6 Å². The Labute approximate surface area is 134 Å². The van der Waals surface area contributed by atoms with Crippen LogP contribution in [0.3, 0.4) is 0 Å². The molecule has 1 atom stereocenters. The fraction of sp³-hybridized carbons (Fsp3) is 0.0769. The monoisotopic (exact) mass is 335 g/mol. The molecule has 0 aromatic heterocycles. The second-order valence-electron chi connectivity index (χ2n) is 4.58. The van der Waals surface area contributed by atoms with Gasteiger partial charge in [0.25, 0.3) is 11.4 Å². The number of nitrogens with one attached hydrogen (secondary N) is 1. The first-order chi connectivity index (χ1) is 10.4. The number of fused-ring (bicyclic) bond motifs is 1. The van der Waals surface area contributed by atoms with Crippen LogP contribution in [0.25, 0.3) is 0 Å². The molecule has 7 nitrogen and oxygen atoms in total. The number of nitro benzene ring substituents is 2. The molecule has 0 amide bonds. The molecule has 1 unspecified atom stereocenters. The first-order valence-electron chi connectivity index (χ1n) is 6.12. The van der Waals surface area contributed by atoms with Gasteiger partial charge in [-0.25, -0.2) is 0 Å². The number of nitrogens with zero attached hydrogens (tertiary/aromatic N) is 2. The molecule has 9 heteroatoms. The minimum atomic E-state index is -1.05. The number of hydrogen-bond donors (Lipinski definition) is 2. The van der Waals surface area contributed by atoms with Gasteiger partial charge in [-0.3, -0.25) is 20.2 Å². The number of rotatable bonds is 3. The molecule has 0 radical (unpaired) electrons. The van der Waals surface area contributed by atoms with Crippen molar-refractivity contribution in [3.63, 3.8) is 0 Å². The van der Waals surface area contributed by atoms with Crippen LogP contribution >= 0.6 is 24.4 Å². The predicted molar refractivity (Wildman–Crippen MR) is 86.3 cm³/mol. The first-order valence-corrected chi connectivity index (χ1v) is 7.39. The molecule has 0 saturated carbocycles. The molecule has 0 aliphatic carbocycles. The molecular formula is C13H9N3O4S2. The van der Waals surface area contributed by atoms with Crippen molar-refractivity contribution in [2.75, 3.05) is 5.32 Å². The normalized spacial score (nSPS) is 19.3. The van der Waals surface area contributed by atoms with Gasteiger partial charge in [0, 0.05) is 16.6 Å². The van der Waals surface area contributed by atoms with Crippen molar-refractivity contribution in [2.45, 2.75) is 9.10 Å². The zero-order chi connectivity index (χ0) is 15.9. The highest BCUT2D eigenvalue weighted by Crippen LogP contribution is 2.55. The molecule has 0 bridgehead atoms. The summed E-state index contributed by atoms with van der Waals surface area (Å²) in [5.74, 6) is 0. The number of thioether (sulfide) groups is 1. The summed E-state index contributed by atoms with van der Waals surface area (Å²) in [5.41, 5.74) is 0.424. The third-order valence-electron chi connectivity index (χ3n) is 3.20. The molecule has 112 valence electrons. The van der Waals surface area contributed by atoms with E-state index < -0.39 is 14.0 Å². The van der Waals surface area contributed by atoms with Crippen molar-refractivity contribution in [1.29, 1.82) is 0 Å². The SMILES string of the molecule is O=[N+]([O-])c1ccc(C2(S)Nc3ccccc3S2)c([N+](=O)[O-])c1. The number of anilines is 1. The molecular weight excluding hydrogens is 326 g/mol. The van der Waals surface area contributed by atoms with Gasteiger partial charge in [0.2, 0.25) is 0 Å². The smallest absolute Gasteiger partial charge is 0.283 e. The summed E-state index contributed by atoms with van der Waals surface area (Å²) in [6.45, 7) is 0.